The minimum Gasteiger partial charge on any atom is -0.339 e. The Labute approximate surface area is 109 Å². The van der Waals surface area contributed by atoms with E-state index in [2.05, 4.69) is 10.1 Å². The molecule has 4 nitrogen and oxygen atoms in total. The van der Waals surface area contributed by atoms with Crippen LogP contribution in [0.2, 0.25) is 5.02 Å². The average molecular weight is 270 g/mol. The fourth-order valence-electron chi connectivity index (χ4n) is 1.46. The first kappa shape index (κ1) is 13.0. The first-order valence-corrected chi connectivity index (χ1v) is 5.91. The Balaban J connectivity index is 2.29. The van der Waals surface area contributed by atoms with Crippen molar-refractivity contribution < 1.29 is 8.91 Å². The maximum atomic E-state index is 13.1. The van der Waals surface area contributed by atoms with Gasteiger partial charge < -0.3 is 10.3 Å². The molecule has 0 aliphatic heterocycles. The standard InChI is InChI=1S/C12H13ClFN3O/c1-6(2)12-16-11(17-18-12)10(15)7-3-4-9(14)8(13)5-7/h3-6,10H,15H2,1-2H3. The summed E-state index contributed by atoms with van der Waals surface area (Å²) >= 11 is 5.71. The second-order valence-electron chi connectivity index (χ2n) is 4.30. The van der Waals surface area contributed by atoms with Crippen LogP contribution in [0.3, 0.4) is 0 Å². The van der Waals surface area contributed by atoms with Crippen LogP contribution in [0.1, 0.15) is 43.1 Å². The summed E-state index contributed by atoms with van der Waals surface area (Å²) in [6.07, 6.45) is 0. The van der Waals surface area contributed by atoms with Crippen molar-refractivity contribution in [2.75, 3.05) is 0 Å². The molecule has 1 aromatic heterocycles. The largest absolute Gasteiger partial charge is 0.339 e. The molecule has 6 heteroatoms. The van der Waals surface area contributed by atoms with Crippen molar-refractivity contribution in [3.8, 4) is 0 Å². The summed E-state index contributed by atoms with van der Waals surface area (Å²) in [5.74, 6) is 0.536. The Kier molecular flexibility index (Phi) is 3.63. The van der Waals surface area contributed by atoms with E-state index in [0.29, 0.717) is 17.3 Å². The van der Waals surface area contributed by atoms with Gasteiger partial charge in [0, 0.05) is 5.92 Å². The monoisotopic (exact) mass is 269 g/mol. The maximum Gasteiger partial charge on any atom is 0.229 e. The van der Waals surface area contributed by atoms with Crippen molar-refractivity contribution >= 4 is 11.6 Å². The number of nitrogens with zero attached hydrogens (tertiary/aromatic N) is 2. The van der Waals surface area contributed by atoms with E-state index in [1.807, 2.05) is 13.8 Å². The highest BCUT2D eigenvalue weighted by Gasteiger charge is 2.18. The molecule has 96 valence electrons. The number of halogens is 2. The highest BCUT2D eigenvalue weighted by atomic mass is 35.5. The Morgan fingerprint density at radius 2 is 2.11 bits per heavy atom. The number of benzene rings is 1. The fraction of sp³-hybridized carbons (Fsp3) is 0.333. The molecule has 0 bridgehead atoms. The smallest absolute Gasteiger partial charge is 0.229 e. The van der Waals surface area contributed by atoms with Crippen LogP contribution < -0.4 is 5.73 Å². The zero-order valence-electron chi connectivity index (χ0n) is 10.0. The van der Waals surface area contributed by atoms with E-state index < -0.39 is 11.9 Å². The van der Waals surface area contributed by atoms with Crippen LogP contribution in [0, 0.1) is 5.82 Å². The van der Waals surface area contributed by atoms with E-state index in [-0.39, 0.29) is 10.9 Å². The minimum atomic E-state index is -0.584. The molecule has 0 spiro atoms. The second-order valence-corrected chi connectivity index (χ2v) is 4.70. The summed E-state index contributed by atoms with van der Waals surface area (Å²) in [4.78, 5) is 4.20. The quantitative estimate of drug-likeness (QED) is 0.930. The van der Waals surface area contributed by atoms with E-state index in [0.717, 1.165) is 0 Å². The van der Waals surface area contributed by atoms with Gasteiger partial charge in [-0.15, -0.1) is 0 Å². The lowest BCUT2D eigenvalue weighted by Crippen LogP contribution is -2.13. The lowest BCUT2D eigenvalue weighted by atomic mass is 10.1. The molecule has 1 heterocycles. The Bertz CT molecular complexity index is 556. The van der Waals surface area contributed by atoms with Crippen molar-refractivity contribution in [2.24, 2.45) is 5.73 Å². The van der Waals surface area contributed by atoms with Gasteiger partial charge in [0.2, 0.25) is 5.89 Å². The van der Waals surface area contributed by atoms with Gasteiger partial charge in [0.1, 0.15) is 5.82 Å². The highest BCUT2D eigenvalue weighted by Crippen LogP contribution is 2.23. The van der Waals surface area contributed by atoms with Crippen LogP contribution in [-0.2, 0) is 0 Å². The van der Waals surface area contributed by atoms with Crippen molar-refractivity contribution in [2.45, 2.75) is 25.8 Å². The number of hydrogen-bond donors (Lipinski definition) is 1. The van der Waals surface area contributed by atoms with Crippen molar-refractivity contribution in [1.29, 1.82) is 0 Å². The van der Waals surface area contributed by atoms with Gasteiger partial charge in [-0.25, -0.2) is 4.39 Å². The normalized spacial score (nSPS) is 13.0. The lowest BCUT2D eigenvalue weighted by molar-refractivity contribution is 0.359. The minimum absolute atomic E-state index is 0.0236. The van der Waals surface area contributed by atoms with E-state index in [4.69, 9.17) is 21.9 Å². The first-order valence-electron chi connectivity index (χ1n) is 5.53. The van der Waals surface area contributed by atoms with Gasteiger partial charge in [-0.05, 0) is 17.7 Å². The molecule has 0 saturated carbocycles. The number of rotatable bonds is 3. The molecular formula is C12H13ClFN3O. The van der Waals surface area contributed by atoms with Crippen molar-refractivity contribution in [1.82, 2.24) is 10.1 Å². The maximum absolute atomic E-state index is 13.1. The van der Waals surface area contributed by atoms with Gasteiger partial charge in [0.05, 0.1) is 11.1 Å². The molecule has 1 aromatic carbocycles. The van der Waals surface area contributed by atoms with Gasteiger partial charge >= 0.3 is 0 Å². The molecule has 1 unspecified atom stereocenters. The van der Waals surface area contributed by atoms with E-state index in [9.17, 15) is 4.39 Å². The van der Waals surface area contributed by atoms with Crippen molar-refractivity contribution in [3.63, 3.8) is 0 Å². The van der Waals surface area contributed by atoms with Crippen LogP contribution in [0.25, 0.3) is 0 Å². The molecule has 0 amide bonds. The molecular weight excluding hydrogens is 257 g/mol. The molecule has 18 heavy (non-hydrogen) atoms. The fourth-order valence-corrected chi connectivity index (χ4v) is 1.65. The van der Waals surface area contributed by atoms with E-state index in [1.54, 1.807) is 6.07 Å². The summed E-state index contributed by atoms with van der Waals surface area (Å²) in [5.41, 5.74) is 6.62. The molecule has 0 fully saturated rings. The van der Waals surface area contributed by atoms with Crippen LogP contribution in [0.5, 0.6) is 0 Å². The number of nitrogens with two attached hydrogens (primary N) is 1. The summed E-state index contributed by atoms with van der Waals surface area (Å²) < 4.78 is 18.1. The van der Waals surface area contributed by atoms with Gasteiger partial charge in [0.25, 0.3) is 0 Å². The van der Waals surface area contributed by atoms with Crippen LogP contribution in [-0.4, -0.2) is 10.1 Å². The second kappa shape index (κ2) is 5.04. The molecule has 2 N–H and O–H groups in total. The van der Waals surface area contributed by atoms with E-state index >= 15 is 0 Å². The van der Waals surface area contributed by atoms with Crippen LogP contribution >= 0.6 is 11.6 Å². The molecule has 0 aliphatic rings. The third-order valence-corrected chi connectivity index (χ3v) is 2.82. The lowest BCUT2D eigenvalue weighted by Gasteiger charge is -2.07. The third-order valence-electron chi connectivity index (χ3n) is 2.53. The summed E-state index contributed by atoms with van der Waals surface area (Å²) in [5, 5.41) is 3.84. The van der Waals surface area contributed by atoms with Crippen LogP contribution in [0.4, 0.5) is 4.39 Å². The average Bonchev–Trinajstić information content (AvgIpc) is 2.81. The Morgan fingerprint density at radius 3 is 2.67 bits per heavy atom. The predicted molar refractivity (Wildman–Crippen MR) is 65.8 cm³/mol. The summed E-state index contributed by atoms with van der Waals surface area (Å²) in [7, 11) is 0. The number of aromatic nitrogens is 2. The zero-order chi connectivity index (χ0) is 13.3. The Hall–Kier alpha value is -1.46. The van der Waals surface area contributed by atoms with E-state index in [1.165, 1.54) is 12.1 Å². The first-order chi connectivity index (χ1) is 8.49. The molecule has 0 saturated heterocycles. The molecule has 0 radical (unpaired) electrons. The zero-order valence-corrected chi connectivity index (χ0v) is 10.8. The number of hydrogen-bond acceptors (Lipinski definition) is 4. The molecule has 2 rings (SSSR count). The topological polar surface area (TPSA) is 64.9 Å². The molecule has 1 atom stereocenters. The molecule has 0 aliphatic carbocycles. The Morgan fingerprint density at radius 1 is 1.39 bits per heavy atom. The van der Waals surface area contributed by atoms with Gasteiger partial charge in [0.15, 0.2) is 5.82 Å². The SMILES string of the molecule is CC(C)c1nc(C(N)c2ccc(F)c(Cl)c2)no1. The summed E-state index contributed by atoms with van der Waals surface area (Å²) in [6, 6.07) is 3.70. The van der Waals surface area contributed by atoms with Crippen molar-refractivity contribution in [3.05, 3.63) is 46.3 Å². The molecule has 2 aromatic rings. The highest BCUT2D eigenvalue weighted by molar-refractivity contribution is 6.30. The van der Waals surface area contributed by atoms with Crippen LogP contribution in [0.15, 0.2) is 22.7 Å². The van der Waals surface area contributed by atoms with Gasteiger partial charge in [-0.2, -0.15) is 4.98 Å². The third kappa shape index (κ3) is 2.52. The van der Waals surface area contributed by atoms with Gasteiger partial charge in [-0.1, -0.05) is 36.7 Å². The summed E-state index contributed by atoms with van der Waals surface area (Å²) in [6.45, 7) is 3.88. The van der Waals surface area contributed by atoms with Gasteiger partial charge in [-0.3, -0.25) is 0 Å². The predicted octanol–water partition coefficient (Wildman–Crippen LogP) is 3.03.